The summed E-state index contributed by atoms with van der Waals surface area (Å²) in [5.41, 5.74) is 2.55. The van der Waals surface area contributed by atoms with Crippen molar-refractivity contribution in [2.24, 2.45) is 0 Å². The van der Waals surface area contributed by atoms with Gasteiger partial charge in [-0.25, -0.2) is 9.38 Å². The molecule has 0 unspecified atom stereocenters. The van der Waals surface area contributed by atoms with Gasteiger partial charge in [-0.3, -0.25) is 14.8 Å². The van der Waals surface area contributed by atoms with E-state index in [1.165, 1.54) is 22.8 Å². The number of fused-ring (bicyclic) bond motifs is 1. The van der Waals surface area contributed by atoms with E-state index in [0.29, 0.717) is 22.0 Å². The molecule has 4 rings (SSSR count). The number of methoxy groups -OCH3 is 1. The number of rotatable bonds is 4. The maximum absolute atomic E-state index is 13.0. The largest absolute Gasteiger partial charge is 0.490 e. The van der Waals surface area contributed by atoms with Crippen molar-refractivity contribution in [3.8, 4) is 17.1 Å². The van der Waals surface area contributed by atoms with Gasteiger partial charge in [0, 0.05) is 24.0 Å². The molecule has 26 heavy (non-hydrogen) atoms. The summed E-state index contributed by atoms with van der Waals surface area (Å²) in [7, 11) is 1.47. The van der Waals surface area contributed by atoms with Gasteiger partial charge in [-0.2, -0.15) is 0 Å². The van der Waals surface area contributed by atoms with Gasteiger partial charge in [-0.15, -0.1) is 11.3 Å². The lowest BCUT2D eigenvalue weighted by Crippen LogP contribution is -2.18. The number of nitrogens with zero attached hydrogens (tertiary/aromatic N) is 4. The highest BCUT2D eigenvalue weighted by molar-refractivity contribution is 7.15. The van der Waals surface area contributed by atoms with E-state index in [0.717, 1.165) is 5.56 Å². The Morgan fingerprint density at radius 3 is 2.81 bits per heavy atom. The lowest BCUT2D eigenvalue weighted by molar-refractivity contribution is 0.404. The molecular weight excluding hydrogens is 348 g/mol. The predicted molar refractivity (Wildman–Crippen MR) is 102 cm³/mol. The fourth-order valence-corrected chi connectivity index (χ4v) is 3.48. The van der Waals surface area contributed by atoms with Crippen molar-refractivity contribution in [2.75, 3.05) is 7.11 Å². The highest BCUT2D eigenvalue weighted by atomic mass is 32.1. The molecule has 0 radical (unpaired) electrons. The molecular formula is C19H14N4O2S. The molecule has 4 aromatic rings. The van der Waals surface area contributed by atoms with Crippen LogP contribution in [0.15, 0.2) is 59.1 Å². The molecule has 0 spiro atoms. The molecule has 4 heterocycles. The maximum Gasteiger partial charge on any atom is 0.302 e. The van der Waals surface area contributed by atoms with E-state index >= 15 is 0 Å². The van der Waals surface area contributed by atoms with Gasteiger partial charge in [0.25, 0.3) is 0 Å². The van der Waals surface area contributed by atoms with Crippen LogP contribution in [0.25, 0.3) is 28.5 Å². The second-order valence-electron chi connectivity index (χ2n) is 5.41. The van der Waals surface area contributed by atoms with Crippen LogP contribution in [0.1, 0.15) is 11.3 Å². The summed E-state index contributed by atoms with van der Waals surface area (Å²) in [5.74, 6) is 0.193. The fraction of sp³-hybridized carbons (Fsp3) is 0.0526. The monoisotopic (exact) mass is 362 g/mol. The summed E-state index contributed by atoms with van der Waals surface area (Å²) in [4.78, 5) is 26.5. The van der Waals surface area contributed by atoms with Crippen LogP contribution < -0.4 is 10.3 Å². The molecule has 0 aliphatic rings. The van der Waals surface area contributed by atoms with Crippen molar-refractivity contribution in [1.29, 1.82) is 0 Å². The molecule has 128 valence electrons. The normalized spacial score (nSPS) is 11.3. The molecule has 0 atom stereocenters. The molecule has 4 aromatic heterocycles. The molecule has 0 aliphatic carbocycles. The van der Waals surface area contributed by atoms with Gasteiger partial charge in [0.15, 0.2) is 4.96 Å². The minimum Gasteiger partial charge on any atom is -0.490 e. The minimum absolute atomic E-state index is 0.193. The first-order chi connectivity index (χ1) is 12.8. The average molecular weight is 362 g/mol. The number of hydrogen-bond donors (Lipinski definition) is 0. The summed E-state index contributed by atoms with van der Waals surface area (Å²) < 4.78 is 6.89. The van der Waals surface area contributed by atoms with Crippen LogP contribution >= 0.6 is 11.3 Å². The Balaban J connectivity index is 1.87. The van der Waals surface area contributed by atoms with E-state index < -0.39 is 0 Å². The first kappa shape index (κ1) is 16.2. The highest BCUT2D eigenvalue weighted by Gasteiger charge is 2.16. The van der Waals surface area contributed by atoms with Crippen LogP contribution in [-0.2, 0) is 0 Å². The lowest BCUT2D eigenvalue weighted by Gasteiger charge is -2.06. The Morgan fingerprint density at radius 1 is 1.15 bits per heavy atom. The topological polar surface area (TPSA) is 69.4 Å². The molecule has 0 saturated heterocycles. The van der Waals surface area contributed by atoms with Gasteiger partial charge in [-0.05, 0) is 29.8 Å². The zero-order valence-corrected chi connectivity index (χ0v) is 14.7. The second kappa shape index (κ2) is 6.89. The third-order valence-electron chi connectivity index (χ3n) is 3.80. The Hall–Kier alpha value is -3.32. The van der Waals surface area contributed by atoms with Gasteiger partial charge < -0.3 is 4.74 Å². The Morgan fingerprint density at radius 2 is 2.08 bits per heavy atom. The molecule has 0 amide bonds. The average Bonchev–Trinajstić information content (AvgIpc) is 3.12. The molecule has 0 N–H and O–H groups in total. The standard InChI is InChI=1S/C19H14N4O2S/c1-25-17-15(8-7-13-5-4-9-20-11-13)22-19-23(18(17)24)16(12-26-19)14-6-2-3-10-21-14/h2-12H,1H3. The smallest absolute Gasteiger partial charge is 0.302 e. The second-order valence-corrected chi connectivity index (χ2v) is 6.25. The molecule has 0 fully saturated rings. The summed E-state index contributed by atoms with van der Waals surface area (Å²) in [6.07, 6.45) is 8.75. The summed E-state index contributed by atoms with van der Waals surface area (Å²) in [6.45, 7) is 0. The SMILES string of the molecule is COc1c(C=Cc2cccnc2)nc2scc(-c3ccccn3)n2c1=O. The zero-order valence-electron chi connectivity index (χ0n) is 13.9. The van der Waals surface area contributed by atoms with Crippen LogP contribution in [0.2, 0.25) is 0 Å². The first-order valence-corrected chi connectivity index (χ1v) is 8.73. The van der Waals surface area contributed by atoms with Crippen LogP contribution in [-0.4, -0.2) is 26.5 Å². The number of ether oxygens (including phenoxy) is 1. The van der Waals surface area contributed by atoms with Gasteiger partial charge >= 0.3 is 5.56 Å². The summed E-state index contributed by atoms with van der Waals surface area (Å²) in [6, 6.07) is 9.34. The van der Waals surface area contributed by atoms with Gasteiger partial charge in [-0.1, -0.05) is 18.2 Å². The van der Waals surface area contributed by atoms with Crippen LogP contribution in [0.3, 0.4) is 0 Å². The van der Waals surface area contributed by atoms with Crippen molar-refractivity contribution in [1.82, 2.24) is 19.4 Å². The van der Waals surface area contributed by atoms with Gasteiger partial charge in [0.2, 0.25) is 5.75 Å². The molecule has 0 saturated carbocycles. The number of thiazole rings is 1. The van der Waals surface area contributed by atoms with Gasteiger partial charge in [0.1, 0.15) is 5.69 Å². The Kier molecular flexibility index (Phi) is 4.28. The van der Waals surface area contributed by atoms with Crippen molar-refractivity contribution in [2.45, 2.75) is 0 Å². The summed E-state index contributed by atoms with van der Waals surface area (Å²) in [5, 5.41) is 1.88. The number of hydrogen-bond acceptors (Lipinski definition) is 6. The van der Waals surface area contributed by atoms with E-state index in [2.05, 4.69) is 15.0 Å². The highest BCUT2D eigenvalue weighted by Crippen LogP contribution is 2.25. The van der Waals surface area contributed by atoms with E-state index in [4.69, 9.17) is 4.74 Å². The van der Waals surface area contributed by atoms with E-state index in [-0.39, 0.29) is 11.3 Å². The molecule has 0 bridgehead atoms. The van der Waals surface area contributed by atoms with Gasteiger partial charge in [0.05, 0.1) is 18.5 Å². The van der Waals surface area contributed by atoms with Crippen LogP contribution in [0.5, 0.6) is 5.75 Å². The molecule has 6 nitrogen and oxygen atoms in total. The zero-order chi connectivity index (χ0) is 17.9. The van der Waals surface area contributed by atoms with Crippen molar-refractivity contribution in [3.05, 3.63) is 75.9 Å². The predicted octanol–water partition coefficient (Wildman–Crippen LogP) is 3.39. The van der Waals surface area contributed by atoms with Crippen molar-refractivity contribution in [3.63, 3.8) is 0 Å². The van der Waals surface area contributed by atoms with E-state index in [1.807, 2.05) is 41.8 Å². The fourth-order valence-electron chi connectivity index (χ4n) is 2.60. The Labute approximate surface area is 153 Å². The third kappa shape index (κ3) is 2.89. The van der Waals surface area contributed by atoms with Crippen molar-refractivity contribution < 1.29 is 4.74 Å². The lowest BCUT2D eigenvalue weighted by atomic mass is 10.2. The molecule has 0 aromatic carbocycles. The third-order valence-corrected chi connectivity index (χ3v) is 4.63. The van der Waals surface area contributed by atoms with Crippen molar-refractivity contribution >= 4 is 28.4 Å². The first-order valence-electron chi connectivity index (χ1n) is 7.85. The maximum atomic E-state index is 13.0. The molecule has 7 heteroatoms. The number of aromatic nitrogens is 4. The Bertz CT molecular complexity index is 1130. The number of pyridine rings is 2. The van der Waals surface area contributed by atoms with E-state index in [1.54, 1.807) is 24.7 Å². The van der Waals surface area contributed by atoms with Crippen LogP contribution in [0, 0.1) is 0 Å². The summed E-state index contributed by atoms with van der Waals surface area (Å²) >= 11 is 1.39. The minimum atomic E-state index is -0.259. The quantitative estimate of drug-likeness (QED) is 0.557. The molecule has 0 aliphatic heterocycles. The van der Waals surface area contributed by atoms with E-state index in [9.17, 15) is 4.79 Å². The van der Waals surface area contributed by atoms with Crippen LogP contribution in [0.4, 0.5) is 0 Å².